The van der Waals surface area contributed by atoms with Gasteiger partial charge in [-0.15, -0.1) is 11.3 Å². The van der Waals surface area contributed by atoms with E-state index in [1.807, 2.05) is 29.0 Å². The third-order valence-electron chi connectivity index (χ3n) is 2.43. The van der Waals surface area contributed by atoms with Gasteiger partial charge in [0.05, 0.1) is 6.04 Å². The molecule has 1 aliphatic heterocycles. The SMILES string of the molecule is CC(N)c1nc(C(=O)N2CCSCC2)cs1. The van der Waals surface area contributed by atoms with Crippen molar-refractivity contribution in [2.75, 3.05) is 24.6 Å². The molecule has 0 bridgehead atoms. The highest BCUT2D eigenvalue weighted by atomic mass is 32.2. The summed E-state index contributed by atoms with van der Waals surface area (Å²) in [7, 11) is 0. The number of hydrogen-bond donors (Lipinski definition) is 1. The number of rotatable bonds is 2. The summed E-state index contributed by atoms with van der Waals surface area (Å²) in [6.07, 6.45) is 0. The summed E-state index contributed by atoms with van der Waals surface area (Å²) >= 11 is 3.35. The molecule has 2 N–H and O–H groups in total. The number of thiazole rings is 1. The summed E-state index contributed by atoms with van der Waals surface area (Å²) in [6, 6.07) is -0.0940. The van der Waals surface area contributed by atoms with Crippen LogP contribution in [-0.4, -0.2) is 40.4 Å². The van der Waals surface area contributed by atoms with Crippen LogP contribution in [0, 0.1) is 0 Å². The van der Waals surface area contributed by atoms with Gasteiger partial charge in [0.2, 0.25) is 0 Å². The summed E-state index contributed by atoms with van der Waals surface area (Å²) in [4.78, 5) is 18.2. The minimum Gasteiger partial charge on any atom is -0.336 e. The topological polar surface area (TPSA) is 59.2 Å². The van der Waals surface area contributed by atoms with Crippen LogP contribution in [-0.2, 0) is 0 Å². The third kappa shape index (κ3) is 2.56. The highest BCUT2D eigenvalue weighted by Crippen LogP contribution is 2.18. The van der Waals surface area contributed by atoms with Gasteiger partial charge in [0.1, 0.15) is 10.7 Å². The molecule has 2 heterocycles. The lowest BCUT2D eigenvalue weighted by Gasteiger charge is -2.25. The first-order valence-electron chi connectivity index (χ1n) is 5.26. The van der Waals surface area contributed by atoms with Crippen molar-refractivity contribution in [2.45, 2.75) is 13.0 Å². The number of amides is 1. The van der Waals surface area contributed by atoms with E-state index < -0.39 is 0 Å². The number of aromatic nitrogens is 1. The minimum absolute atomic E-state index is 0.0449. The Kier molecular flexibility index (Phi) is 3.83. The average Bonchev–Trinajstić information content (AvgIpc) is 2.78. The van der Waals surface area contributed by atoms with E-state index >= 15 is 0 Å². The highest BCUT2D eigenvalue weighted by Gasteiger charge is 2.21. The Bertz CT molecular complexity index is 372. The fourth-order valence-electron chi connectivity index (χ4n) is 1.52. The van der Waals surface area contributed by atoms with Crippen LogP contribution in [0.3, 0.4) is 0 Å². The Hall–Kier alpha value is -0.590. The number of carbonyl (C=O) groups is 1. The van der Waals surface area contributed by atoms with Gasteiger partial charge in [0.25, 0.3) is 5.91 Å². The van der Waals surface area contributed by atoms with Gasteiger partial charge in [0, 0.05) is 30.0 Å². The molecule has 1 aromatic heterocycles. The van der Waals surface area contributed by atoms with E-state index in [9.17, 15) is 4.79 Å². The number of thioether (sulfide) groups is 1. The van der Waals surface area contributed by atoms with E-state index in [0.29, 0.717) is 5.69 Å². The molecule has 0 aromatic carbocycles. The monoisotopic (exact) mass is 257 g/mol. The molecule has 16 heavy (non-hydrogen) atoms. The van der Waals surface area contributed by atoms with Gasteiger partial charge in [-0.2, -0.15) is 11.8 Å². The third-order valence-corrected chi connectivity index (χ3v) is 4.42. The molecule has 1 amide bonds. The molecule has 0 radical (unpaired) electrons. The molecule has 0 aliphatic carbocycles. The van der Waals surface area contributed by atoms with Crippen LogP contribution in [0.15, 0.2) is 5.38 Å². The van der Waals surface area contributed by atoms with Crippen LogP contribution in [0.25, 0.3) is 0 Å². The Morgan fingerprint density at radius 2 is 2.25 bits per heavy atom. The van der Waals surface area contributed by atoms with E-state index in [1.54, 1.807) is 0 Å². The zero-order valence-electron chi connectivity index (χ0n) is 9.18. The van der Waals surface area contributed by atoms with Gasteiger partial charge >= 0.3 is 0 Å². The van der Waals surface area contributed by atoms with Crippen molar-refractivity contribution >= 4 is 29.0 Å². The Morgan fingerprint density at radius 1 is 1.56 bits per heavy atom. The highest BCUT2D eigenvalue weighted by molar-refractivity contribution is 7.99. The van der Waals surface area contributed by atoms with Crippen molar-refractivity contribution in [3.05, 3.63) is 16.1 Å². The number of carbonyl (C=O) groups excluding carboxylic acids is 1. The standard InChI is InChI=1S/C10H15N3OS2/c1-7(11)9-12-8(6-16-9)10(14)13-2-4-15-5-3-13/h6-7H,2-5,11H2,1H3. The summed E-state index contributed by atoms with van der Waals surface area (Å²) in [5, 5.41) is 2.64. The first-order chi connectivity index (χ1) is 7.68. The fraction of sp³-hybridized carbons (Fsp3) is 0.600. The first kappa shape index (κ1) is 11.9. The van der Waals surface area contributed by atoms with Crippen molar-refractivity contribution < 1.29 is 4.79 Å². The maximum Gasteiger partial charge on any atom is 0.273 e. The van der Waals surface area contributed by atoms with Gasteiger partial charge in [-0.1, -0.05) is 0 Å². The zero-order chi connectivity index (χ0) is 11.5. The Balaban J connectivity index is 2.07. The molecule has 1 aromatic rings. The molecule has 2 rings (SSSR count). The number of nitrogens with zero attached hydrogens (tertiary/aromatic N) is 2. The van der Waals surface area contributed by atoms with Gasteiger partial charge < -0.3 is 10.6 Å². The maximum atomic E-state index is 12.1. The summed E-state index contributed by atoms with van der Waals surface area (Å²) in [5.41, 5.74) is 6.27. The Labute approximate surface area is 103 Å². The predicted octanol–water partition coefficient (Wildman–Crippen LogP) is 1.35. The lowest BCUT2D eigenvalue weighted by Crippen LogP contribution is -2.38. The second-order valence-electron chi connectivity index (χ2n) is 3.76. The van der Waals surface area contributed by atoms with Crippen LogP contribution < -0.4 is 5.73 Å². The predicted molar refractivity (Wildman–Crippen MR) is 67.9 cm³/mol. The zero-order valence-corrected chi connectivity index (χ0v) is 10.8. The molecular formula is C10H15N3OS2. The summed E-state index contributed by atoms with van der Waals surface area (Å²) in [6.45, 7) is 3.54. The fourth-order valence-corrected chi connectivity index (χ4v) is 3.18. The number of hydrogen-bond acceptors (Lipinski definition) is 5. The van der Waals surface area contributed by atoms with E-state index in [0.717, 1.165) is 29.6 Å². The quantitative estimate of drug-likeness (QED) is 0.869. The number of nitrogens with two attached hydrogens (primary N) is 1. The lowest BCUT2D eigenvalue weighted by molar-refractivity contribution is 0.0767. The molecule has 0 spiro atoms. The van der Waals surface area contributed by atoms with Crippen molar-refractivity contribution in [1.82, 2.24) is 9.88 Å². The van der Waals surface area contributed by atoms with E-state index in [4.69, 9.17) is 5.73 Å². The lowest BCUT2D eigenvalue weighted by atomic mass is 10.3. The average molecular weight is 257 g/mol. The maximum absolute atomic E-state index is 12.1. The molecule has 0 saturated carbocycles. The molecule has 6 heteroatoms. The first-order valence-corrected chi connectivity index (χ1v) is 7.30. The van der Waals surface area contributed by atoms with Crippen molar-refractivity contribution in [3.8, 4) is 0 Å². The van der Waals surface area contributed by atoms with Gasteiger partial charge in [-0.3, -0.25) is 4.79 Å². The molecular weight excluding hydrogens is 242 g/mol. The van der Waals surface area contributed by atoms with Crippen LogP contribution >= 0.6 is 23.1 Å². The smallest absolute Gasteiger partial charge is 0.273 e. The van der Waals surface area contributed by atoms with E-state index in [1.165, 1.54) is 11.3 Å². The molecule has 1 aliphatic rings. The van der Waals surface area contributed by atoms with Crippen molar-refractivity contribution in [2.24, 2.45) is 5.73 Å². The summed E-state index contributed by atoms with van der Waals surface area (Å²) < 4.78 is 0. The summed E-state index contributed by atoms with van der Waals surface area (Å²) in [5.74, 6) is 2.09. The molecule has 1 atom stereocenters. The minimum atomic E-state index is -0.0940. The van der Waals surface area contributed by atoms with E-state index in [-0.39, 0.29) is 11.9 Å². The normalized spacial score (nSPS) is 18.5. The molecule has 1 saturated heterocycles. The van der Waals surface area contributed by atoms with Crippen molar-refractivity contribution in [1.29, 1.82) is 0 Å². The second kappa shape index (κ2) is 5.16. The van der Waals surface area contributed by atoms with Gasteiger partial charge in [0.15, 0.2) is 0 Å². The molecule has 88 valence electrons. The van der Waals surface area contributed by atoms with Gasteiger partial charge in [-0.25, -0.2) is 4.98 Å². The van der Waals surface area contributed by atoms with Crippen LogP contribution in [0.1, 0.15) is 28.5 Å². The van der Waals surface area contributed by atoms with Crippen molar-refractivity contribution in [3.63, 3.8) is 0 Å². The van der Waals surface area contributed by atoms with Crippen LogP contribution in [0.5, 0.6) is 0 Å². The van der Waals surface area contributed by atoms with E-state index in [2.05, 4.69) is 4.98 Å². The Morgan fingerprint density at radius 3 is 2.81 bits per heavy atom. The molecule has 1 unspecified atom stereocenters. The van der Waals surface area contributed by atoms with Gasteiger partial charge in [-0.05, 0) is 6.92 Å². The van der Waals surface area contributed by atoms with Crippen LogP contribution in [0.4, 0.5) is 0 Å². The molecule has 4 nitrogen and oxygen atoms in total. The molecule has 1 fully saturated rings. The van der Waals surface area contributed by atoms with Crippen LogP contribution in [0.2, 0.25) is 0 Å². The second-order valence-corrected chi connectivity index (χ2v) is 5.88. The largest absolute Gasteiger partial charge is 0.336 e.